The minimum absolute atomic E-state index is 0.129. The predicted molar refractivity (Wildman–Crippen MR) is 82.0 cm³/mol. The normalized spacial score (nSPS) is 13.6. The molecule has 0 fully saturated rings. The molecule has 1 rings (SSSR count). The summed E-state index contributed by atoms with van der Waals surface area (Å²) in [6.45, 7) is 3.57. The van der Waals surface area contributed by atoms with Crippen LogP contribution in [0.2, 0.25) is 0 Å². The maximum absolute atomic E-state index is 12.1. The van der Waals surface area contributed by atoms with Crippen molar-refractivity contribution in [1.29, 1.82) is 0 Å². The summed E-state index contributed by atoms with van der Waals surface area (Å²) in [7, 11) is 0. The number of benzene rings is 1. The molecular weight excluding hydrogens is 274 g/mol. The lowest BCUT2D eigenvalue weighted by Crippen LogP contribution is -2.40. The minimum Gasteiger partial charge on any atom is -0.481 e. The van der Waals surface area contributed by atoms with Crippen molar-refractivity contribution in [3.8, 4) is 0 Å². The molecule has 5 heteroatoms. The molecule has 0 aliphatic rings. The molecule has 0 aliphatic heterocycles. The molecule has 0 aromatic heterocycles. The third kappa shape index (κ3) is 4.27. The van der Waals surface area contributed by atoms with Gasteiger partial charge >= 0.3 is 5.97 Å². The summed E-state index contributed by atoms with van der Waals surface area (Å²) >= 11 is 1.69. The van der Waals surface area contributed by atoms with Crippen LogP contribution in [0.5, 0.6) is 0 Å². The lowest BCUT2D eigenvalue weighted by atomic mass is 9.87. The molecule has 20 heavy (non-hydrogen) atoms. The Hall–Kier alpha value is -1.49. The molecule has 1 aromatic rings. The smallest absolute Gasteiger partial charge is 0.311 e. The molecule has 0 saturated carbocycles. The highest BCUT2D eigenvalue weighted by molar-refractivity contribution is 7.97. The van der Waals surface area contributed by atoms with E-state index in [1.54, 1.807) is 31.7 Å². The Morgan fingerprint density at radius 3 is 2.65 bits per heavy atom. The van der Waals surface area contributed by atoms with Crippen molar-refractivity contribution < 1.29 is 14.7 Å². The Morgan fingerprint density at radius 2 is 2.10 bits per heavy atom. The van der Waals surface area contributed by atoms with Crippen molar-refractivity contribution in [1.82, 2.24) is 5.32 Å². The monoisotopic (exact) mass is 295 g/mol. The van der Waals surface area contributed by atoms with E-state index in [4.69, 9.17) is 0 Å². The number of nitrogens with one attached hydrogen (secondary N) is 1. The van der Waals surface area contributed by atoms with Crippen LogP contribution in [0.15, 0.2) is 24.3 Å². The summed E-state index contributed by atoms with van der Waals surface area (Å²) in [5, 5.41) is 11.9. The zero-order valence-electron chi connectivity index (χ0n) is 12.1. The molecule has 0 radical (unpaired) electrons. The summed E-state index contributed by atoms with van der Waals surface area (Å²) in [5.41, 5.74) is 0.731. The maximum atomic E-state index is 12.1. The van der Waals surface area contributed by atoms with Crippen molar-refractivity contribution in [3.05, 3.63) is 35.4 Å². The second-order valence-electron chi connectivity index (χ2n) is 5.04. The van der Waals surface area contributed by atoms with E-state index in [1.807, 2.05) is 24.5 Å². The summed E-state index contributed by atoms with van der Waals surface area (Å²) in [5.74, 6) is -0.270. The number of hydrogen-bond acceptors (Lipinski definition) is 3. The van der Waals surface area contributed by atoms with Gasteiger partial charge in [-0.1, -0.05) is 19.1 Å². The van der Waals surface area contributed by atoms with Gasteiger partial charge in [0, 0.05) is 17.9 Å². The Bertz CT molecular complexity index is 490. The largest absolute Gasteiger partial charge is 0.481 e. The highest BCUT2D eigenvalue weighted by Gasteiger charge is 2.31. The van der Waals surface area contributed by atoms with E-state index >= 15 is 0 Å². The van der Waals surface area contributed by atoms with E-state index in [0.717, 1.165) is 11.3 Å². The number of carboxylic acids is 1. The molecule has 1 atom stereocenters. The van der Waals surface area contributed by atoms with Crippen molar-refractivity contribution in [3.63, 3.8) is 0 Å². The van der Waals surface area contributed by atoms with Gasteiger partial charge in [-0.25, -0.2) is 0 Å². The minimum atomic E-state index is -0.924. The van der Waals surface area contributed by atoms with Gasteiger partial charge in [0.1, 0.15) is 0 Å². The number of carbonyl (C=O) groups excluding carboxylic acids is 1. The van der Waals surface area contributed by atoms with E-state index in [0.29, 0.717) is 12.0 Å². The van der Waals surface area contributed by atoms with Gasteiger partial charge in [0.05, 0.1) is 5.41 Å². The first-order valence-electron chi connectivity index (χ1n) is 6.52. The van der Waals surface area contributed by atoms with Gasteiger partial charge in [0.25, 0.3) is 5.91 Å². The van der Waals surface area contributed by atoms with Crippen LogP contribution in [0, 0.1) is 5.41 Å². The second-order valence-corrected chi connectivity index (χ2v) is 5.90. The van der Waals surface area contributed by atoms with Crippen LogP contribution in [-0.4, -0.2) is 29.8 Å². The van der Waals surface area contributed by atoms with Gasteiger partial charge in [-0.15, -0.1) is 0 Å². The number of rotatable bonds is 7. The zero-order valence-corrected chi connectivity index (χ0v) is 12.9. The number of carboxylic acid groups (broad SMARTS) is 1. The van der Waals surface area contributed by atoms with E-state index < -0.39 is 11.4 Å². The van der Waals surface area contributed by atoms with Gasteiger partial charge < -0.3 is 10.4 Å². The molecule has 1 unspecified atom stereocenters. The van der Waals surface area contributed by atoms with Gasteiger partial charge in [0.2, 0.25) is 0 Å². The summed E-state index contributed by atoms with van der Waals surface area (Å²) < 4.78 is 0. The molecule has 110 valence electrons. The lowest BCUT2D eigenvalue weighted by molar-refractivity contribution is -0.147. The second kappa shape index (κ2) is 7.33. The molecule has 2 N–H and O–H groups in total. The van der Waals surface area contributed by atoms with E-state index in [9.17, 15) is 14.7 Å². The van der Waals surface area contributed by atoms with E-state index in [2.05, 4.69) is 5.32 Å². The third-order valence-electron chi connectivity index (χ3n) is 3.44. The first-order chi connectivity index (χ1) is 9.42. The first kappa shape index (κ1) is 16.6. The molecule has 1 aromatic carbocycles. The van der Waals surface area contributed by atoms with Gasteiger partial charge in [-0.2, -0.15) is 11.8 Å². The van der Waals surface area contributed by atoms with Crippen molar-refractivity contribution in [2.45, 2.75) is 26.0 Å². The molecule has 0 spiro atoms. The Labute approximate surface area is 124 Å². The SMILES string of the molecule is CCC(C)(CNC(=O)c1cccc(CSC)c1)C(=O)O. The third-order valence-corrected chi connectivity index (χ3v) is 4.06. The Kier molecular flexibility index (Phi) is 6.07. The number of carbonyl (C=O) groups is 2. The molecule has 0 heterocycles. The van der Waals surface area contributed by atoms with Crippen molar-refractivity contribution in [2.24, 2.45) is 5.41 Å². The summed E-state index contributed by atoms with van der Waals surface area (Å²) in [4.78, 5) is 23.3. The average Bonchev–Trinajstić information content (AvgIpc) is 2.44. The van der Waals surface area contributed by atoms with Crippen LogP contribution >= 0.6 is 11.8 Å². The van der Waals surface area contributed by atoms with Crippen LogP contribution in [-0.2, 0) is 10.5 Å². The maximum Gasteiger partial charge on any atom is 0.311 e. The zero-order chi connectivity index (χ0) is 15.2. The fraction of sp³-hybridized carbons (Fsp3) is 0.467. The topological polar surface area (TPSA) is 66.4 Å². The summed E-state index contributed by atoms with van der Waals surface area (Å²) in [6.07, 6.45) is 2.47. The first-order valence-corrected chi connectivity index (χ1v) is 7.92. The molecule has 4 nitrogen and oxygen atoms in total. The van der Waals surface area contributed by atoms with Crippen LogP contribution in [0.1, 0.15) is 36.2 Å². The van der Waals surface area contributed by atoms with E-state index in [-0.39, 0.29) is 12.5 Å². The molecule has 1 amide bonds. The van der Waals surface area contributed by atoms with E-state index in [1.165, 1.54) is 0 Å². The van der Waals surface area contributed by atoms with Crippen LogP contribution < -0.4 is 5.32 Å². The van der Waals surface area contributed by atoms with Gasteiger partial charge in [-0.05, 0) is 37.3 Å². The molecule has 0 saturated heterocycles. The lowest BCUT2D eigenvalue weighted by Gasteiger charge is -2.23. The Morgan fingerprint density at radius 1 is 1.40 bits per heavy atom. The molecule has 0 bridgehead atoms. The molecule has 0 aliphatic carbocycles. The average molecular weight is 295 g/mol. The number of thioether (sulfide) groups is 1. The van der Waals surface area contributed by atoms with Crippen molar-refractivity contribution in [2.75, 3.05) is 12.8 Å². The summed E-state index contributed by atoms with van der Waals surface area (Å²) in [6, 6.07) is 7.40. The van der Waals surface area contributed by atoms with Crippen LogP contribution in [0.4, 0.5) is 0 Å². The van der Waals surface area contributed by atoms with Crippen molar-refractivity contribution >= 4 is 23.6 Å². The van der Waals surface area contributed by atoms with Crippen LogP contribution in [0.3, 0.4) is 0 Å². The van der Waals surface area contributed by atoms with Gasteiger partial charge in [0.15, 0.2) is 0 Å². The highest BCUT2D eigenvalue weighted by atomic mass is 32.2. The number of amides is 1. The highest BCUT2D eigenvalue weighted by Crippen LogP contribution is 2.20. The number of hydrogen-bond donors (Lipinski definition) is 2. The predicted octanol–water partition coefficient (Wildman–Crippen LogP) is 2.78. The molecular formula is C15H21NO3S. The quantitative estimate of drug-likeness (QED) is 0.811. The van der Waals surface area contributed by atoms with Crippen LogP contribution in [0.25, 0.3) is 0 Å². The Balaban J connectivity index is 2.72. The number of aliphatic carboxylic acids is 1. The fourth-order valence-electron chi connectivity index (χ4n) is 1.70. The van der Waals surface area contributed by atoms with Gasteiger partial charge in [-0.3, -0.25) is 9.59 Å². The standard InChI is InChI=1S/C15H21NO3S/c1-4-15(2,14(18)19)10-16-13(17)12-7-5-6-11(8-12)9-20-3/h5-8H,4,9-10H2,1-3H3,(H,16,17)(H,18,19). The fourth-order valence-corrected chi connectivity index (χ4v) is 2.21.